The van der Waals surface area contributed by atoms with Crippen molar-refractivity contribution in [2.45, 2.75) is 0 Å². The molecule has 0 saturated heterocycles. The Morgan fingerprint density at radius 2 is 1.82 bits per heavy atom. The number of amides is 1. The van der Waals surface area contributed by atoms with Crippen LogP contribution in [-0.2, 0) is 14.8 Å². The van der Waals surface area contributed by atoms with Crippen LogP contribution < -0.4 is 14.4 Å². The van der Waals surface area contributed by atoms with E-state index in [-0.39, 0.29) is 17.1 Å². The molecule has 1 heterocycles. The average Bonchev–Trinajstić information content (AvgIpc) is 2.81. The summed E-state index contributed by atoms with van der Waals surface area (Å²) in [6.07, 6.45) is 1.46. The van der Waals surface area contributed by atoms with E-state index in [9.17, 15) is 13.2 Å². The molecule has 1 aliphatic heterocycles. The second-order valence-corrected chi connectivity index (χ2v) is 10.0. The minimum absolute atomic E-state index is 0.0236. The summed E-state index contributed by atoms with van der Waals surface area (Å²) in [4.78, 5) is 13.2. The number of carbonyl (C=O) groups is 1. The Morgan fingerprint density at radius 1 is 1.09 bits per heavy atom. The molecule has 9 heteroatoms. The molecular weight excluding hydrogens is 495 g/mol. The molecule has 0 radical (unpaired) electrons. The summed E-state index contributed by atoms with van der Waals surface area (Å²) >= 11 is 12.5. The molecule has 0 fully saturated rings. The normalized spacial score (nSPS) is 14.4. The van der Waals surface area contributed by atoms with Gasteiger partial charge in [-0.3, -0.25) is 9.10 Å². The molecule has 174 valence electrons. The fourth-order valence-corrected chi connectivity index (χ4v) is 5.93. The van der Waals surface area contributed by atoms with Crippen LogP contribution in [0.4, 0.5) is 11.4 Å². The molecular formula is C25H20Cl2N2O4S. The molecule has 3 aromatic rings. The maximum atomic E-state index is 13.8. The summed E-state index contributed by atoms with van der Waals surface area (Å²) in [5.41, 5.74) is 2.07. The number of sulfonamides is 1. The Hall–Kier alpha value is -3.26. The van der Waals surface area contributed by atoms with Crippen LogP contribution in [0.1, 0.15) is 11.1 Å². The number of ether oxygens (including phenoxy) is 1. The highest BCUT2D eigenvalue weighted by atomic mass is 35.5. The molecule has 0 bridgehead atoms. The molecule has 0 aromatic heterocycles. The number of nitrogens with one attached hydrogen (secondary N) is 1. The zero-order valence-corrected chi connectivity index (χ0v) is 20.4. The lowest BCUT2D eigenvalue weighted by molar-refractivity contribution is -0.112. The van der Waals surface area contributed by atoms with Crippen LogP contribution in [0.2, 0.25) is 10.0 Å². The molecule has 34 heavy (non-hydrogen) atoms. The number of benzene rings is 3. The van der Waals surface area contributed by atoms with Crippen LogP contribution in [0.5, 0.6) is 5.75 Å². The lowest BCUT2D eigenvalue weighted by atomic mass is 9.95. The van der Waals surface area contributed by atoms with Gasteiger partial charge in [0.15, 0.2) is 4.91 Å². The van der Waals surface area contributed by atoms with Crippen molar-refractivity contribution in [3.8, 4) is 5.75 Å². The van der Waals surface area contributed by atoms with Gasteiger partial charge in [-0.05, 0) is 42.0 Å². The van der Waals surface area contributed by atoms with E-state index in [0.717, 1.165) is 4.31 Å². The number of nitrogens with zero attached hydrogens (tertiary/aromatic N) is 1. The van der Waals surface area contributed by atoms with Crippen LogP contribution in [0.15, 0.2) is 84.3 Å². The number of carbonyl (C=O) groups excluding carboxylic acids is 1. The van der Waals surface area contributed by atoms with E-state index in [4.69, 9.17) is 27.9 Å². The Morgan fingerprint density at radius 3 is 2.47 bits per heavy atom. The smallest absolute Gasteiger partial charge is 0.270 e. The topological polar surface area (TPSA) is 75.7 Å². The molecule has 0 saturated carbocycles. The van der Waals surface area contributed by atoms with Gasteiger partial charge in [0, 0.05) is 21.8 Å². The van der Waals surface area contributed by atoms with E-state index in [1.807, 2.05) is 6.07 Å². The van der Waals surface area contributed by atoms with E-state index in [1.165, 1.54) is 19.3 Å². The summed E-state index contributed by atoms with van der Waals surface area (Å²) < 4.78 is 33.9. The van der Waals surface area contributed by atoms with Crippen LogP contribution in [0, 0.1) is 0 Å². The number of methoxy groups -OCH3 is 1. The minimum Gasteiger partial charge on any atom is -0.495 e. The first kappa shape index (κ1) is 23.9. The maximum Gasteiger partial charge on any atom is 0.270 e. The molecule has 4 rings (SSSR count). The lowest BCUT2D eigenvalue weighted by Gasteiger charge is -2.33. The van der Waals surface area contributed by atoms with E-state index in [0.29, 0.717) is 33.3 Å². The third-order valence-corrected chi connectivity index (χ3v) is 7.61. The van der Waals surface area contributed by atoms with Gasteiger partial charge < -0.3 is 10.1 Å². The lowest BCUT2D eigenvalue weighted by Crippen LogP contribution is -2.39. The van der Waals surface area contributed by atoms with Crippen molar-refractivity contribution in [3.05, 3.63) is 105 Å². The van der Waals surface area contributed by atoms with Crippen molar-refractivity contribution in [1.82, 2.24) is 0 Å². The first-order valence-corrected chi connectivity index (χ1v) is 12.4. The molecule has 0 unspecified atom stereocenters. The number of halogens is 2. The van der Waals surface area contributed by atoms with E-state index < -0.39 is 20.8 Å². The largest absolute Gasteiger partial charge is 0.495 e. The third kappa shape index (κ3) is 4.30. The second kappa shape index (κ2) is 9.54. The van der Waals surface area contributed by atoms with Gasteiger partial charge in [0.05, 0.1) is 24.4 Å². The monoisotopic (exact) mass is 514 g/mol. The Kier molecular flexibility index (Phi) is 6.70. The SMILES string of the molecule is C=CCN1c2ccc(Cl)cc2C(c2ccccc2)=C(C(=O)Nc2ccc(OC)c(Cl)c2)S1(=O)=O. The quantitative estimate of drug-likeness (QED) is 0.425. The maximum absolute atomic E-state index is 13.8. The molecule has 1 N–H and O–H groups in total. The summed E-state index contributed by atoms with van der Waals surface area (Å²) in [5.74, 6) is -0.380. The van der Waals surface area contributed by atoms with Gasteiger partial charge in [-0.25, -0.2) is 8.42 Å². The number of rotatable bonds is 6. The standard InChI is InChI=1S/C25H20Cl2N2O4S/c1-3-13-29-21-11-9-17(26)14-19(21)23(16-7-5-4-6-8-16)24(34(29,31)32)25(30)28-18-10-12-22(33-2)20(27)15-18/h3-12,14-15H,1,13H2,2H3,(H,28,30). The molecule has 0 aliphatic carbocycles. The van der Waals surface area contributed by atoms with Crippen molar-refractivity contribution in [1.29, 1.82) is 0 Å². The zero-order valence-electron chi connectivity index (χ0n) is 18.1. The highest BCUT2D eigenvalue weighted by Gasteiger charge is 2.41. The molecule has 0 atom stereocenters. The first-order chi connectivity index (χ1) is 16.3. The number of hydrogen-bond acceptors (Lipinski definition) is 4. The van der Waals surface area contributed by atoms with E-state index in [1.54, 1.807) is 54.6 Å². The van der Waals surface area contributed by atoms with Crippen molar-refractivity contribution in [2.75, 3.05) is 23.3 Å². The van der Waals surface area contributed by atoms with Gasteiger partial charge >= 0.3 is 0 Å². The second-order valence-electron chi connectivity index (χ2n) is 7.36. The fourth-order valence-electron chi connectivity index (χ4n) is 3.78. The molecule has 0 spiro atoms. The van der Waals surface area contributed by atoms with Gasteiger partial charge in [-0.2, -0.15) is 0 Å². The van der Waals surface area contributed by atoms with Crippen LogP contribution in [0.3, 0.4) is 0 Å². The van der Waals surface area contributed by atoms with Gasteiger partial charge in [0.2, 0.25) is 0 Å². The minimum atomic E-state index is -4.26. The van der Waals surface area contributed by atoms with Crippen LogP contribution >= 0.6 is 23.2 Å². The summed E-state index contributed by atoms with van der Waals surface area (Å²) in [6, 6.07) is 18.4. The Bertz CT molecular complexity index is 1420. The van der Waals surface area contributed by atoms with Crippen LogP contribution in [0.25, 0.3) is 5.57 Å². The predicted octanol–water partition coefficient (Wildman–Crippen LogP) is 5.74. The molecule has 3 aromatic carbocycles. The molecule has 6 nitrogen and oxygen atoms in total. The number of fused-ring (bicyclic) bond motifs is 1. The summed E-state index contributed by atoms with van der Waals surface area (Å²) in [5, 5.41) is 3.35. The van der Waals surface area contributed by atoms with Crippen molar-refractivity contribution < 1.29 is 17.9 Å². The highest BCUT2D eigenvalue weighted by Crippen LogP contribution is 2.44. The van der Waals surface area contributed by atoms with Gasteiger partial charge in [-0.1, -0.05) is 59.6 Å². The van der Waals surface area contributed by atoms with E-state index in [2.05, 4.69) is 11.9 Å². The number of hydrogen-bond donors (Lipinski definition) is 1. The molecule has 1 aliphatic rings. The van der Waals surface area contributed by atoms with Crippen molar-refractivity contribution in [3.63, 3.8) is 0 Å². The predicted molar refractivity (Wildman–Crippen MR) is 137 cm³/mol. The Balaban J connectivity index is 1.97. The van der Waals surface area contributed by atoms with Crippen molar-refractivity contribution in [2.24, 2.45) is 0 Å². The number of anilines is 2. The van der Waals surface area contributed by atoms with Crippen LogP contribution in [-0.4, -0.2) is 28.0 Å². The average molecular weight is 515 g/mol. The third-order valence-electron chi connectivity index (χ3n) is 5.25. The van der Waals surface area contributed by atoms with Gasteiger partial charge in [-0.15, -0.1) is 6.58 Å². The fraction of sp³-hybridized carbons (Fsp3) is 0.0800. The summed E-state index contributed by atoms with van der Waals surface area (Å²) in [7, 11) is -2.79. The van der Waals surface area contributed by atoms with Gasteiger partial charge in [0.1, 0.15) is 5.75 Å². The highest BCUT2D eigenvalue weighted by molar-refractivity contribution is 7.97. The molecule has 1 amide bonds. The van der Waals surface area contributed by atoms with Crippen molar-refractivity contribution >= 4 is 56.1 Å². The van der Waals surface area contributed by atoms with Gasteiger partial charge in [0.25, 0.3) is 15.9 Å². The first-order valence-electron chi connectivity index (χ1n) is 10.2. The zero-order chi connectivity index (χ0) is 24.5. The van der Waals surface area contributed by atoms with E-state index >= 15 is 0 Å². The summed E-state index contributed by atoms with van der Waals surface area (Å²) in [6.45, 7) is 3.65. The Labute approximate surface area is 208 Å².